The summed E-state index contributed by atoms with van der Waals surface area (Å²) in [5.74, 6) is -1.01. The quantitative estimate of drug-likeness (QED) is 0.385. The van der Waals surface area contributed by atoms with Crippen LogP contribution in [0.3, 0.4) is 0 Å². The molecule has 1 N–H and O–H groups in total. The summed E-state index contributed by atoms with van der Waals surface area (Å²) in [5.41, 5.74) is 1.30. The zero-order valence-electron chi connectivity index (χ0n) is 16.4. The molecule has 0 radical (unpaired) electrons. The minimum atomic E-state index is -0.505. The number of nitrogens with one attached hydrogen (secondary N) is 1. The average Bonchev–Trinajstić information content (AvgIpc) is 2.64. The highest BCUT2D eigenvalue weighted by molar-refractivity contribution is 6.03. The first-order valence-electron chi connectivity index (χ1n) is 9.86. The maximum atomic E-state index is 12.2. The van der Waals surface area contributed by atoms with Crippen LogP contribution >= 0.6 is 0 Å². The second-order valence-corrected chi connectivity index (χ2v) is 6.25. The lowest BCUT2D eigenvalue weighted by Crippen LogP contribution is -2.15. The molecule has 0 amide bonds. The second-order valence-electron chi connectivity index (χ2n) is 6.25. The van der Waals surface area contributed by atoms with Crippen molar-refractivity contribution in [1.29, 1.82) is 0 Å². The van der Waals surface area contributed by atoms with E-state index >= 15 is 0 Å². The molecule has 0 aliphatic heterocycles. The molecule has 0 fully saturated rings. The van der Waals surface area contributed by atoms with Gasteiger partial charge in [0, 0.05) is 12.2 Å². The minimum Gasteiger partial charge on any atom is -0.462 e. The largest absolute Gasteiger partial charge is 0.462 e. The molecule has 0 unspecified atom stereocenters. The van der Waals surface area contributed by atoms with Gasteiger partial charge in [-0.25, -0.2) is 9.59 Å². The van der Waals surface area contributed by atoms with Gasteiger partial charge in [0.25, 0.3) is 0 Å². The Bertz CT molecular complexity index is 557. The Morgan fingerprint density at radius 2 is 1.38 bits per heavy atom. The summed E-state index contributed by atoms with van der Waals surface area (Å²) in [6.07, 6.45) is 8.76. The zero-order valence-corrected chi connectivity index (χ0v) is 16.4. The first-order chi connectivity index (χ1) is 12.6. The van der Waals surface area contributed by atoms with E-state index in [9.17, 15) is 9.59 Å². The van der Waals surface area contributed by atoms with Crippen LogP contribution in [0.25, 0.3) is 0 Å². The minimum absolute atomic E-state index is 0.242. The number of benzene rings is 1. The number of hydrogen-bond donors (Lipinski definition) is 1. The molecule has 5 nitrogen and oxygen atoms in total. The lowest BCUT2D eigenvalue weighted by atomic mass is 10.1. The van der Waals surface area contributed by atoms with E-state index in [1.165, 1.54) is 38.5 Å². The Kier molecular flexibility index (Phi) is 11.2. The van der Waals surface area contributed by atoms with E-state index < -0.39 is 11.9 Å². The van der Waals surface area contributed by atoms with Crippen LogP contribution in [0.2, 0.25) is 0 Å². The number of unbranched alkanes of at least 4 members (excludes halogenated alkanes) is 6. The van der Waals surface area contributed by atoms with Crippen LogP contribution in [0.4, 0.5) is 5.69 Å². The van der Waals surface area contributed by atoms with Gasteiger partial charge in [0.2, 0.25) is 0 Å². The second kappa shape index (κ2) is 13.2. The van der Waals surface area contributed by atoms with Crippen molar-refractivity contribution in [2.45, 2.75) is 65.7 Å². The molecule has 0 aromatic heterocycles. The summed E-state index contributed by atoms with van der Waals surface area (Å²) in [6, 6.07) is 5.10. The number of esters is 2. The standard InChI is InChI=1S/C21H33NO4/c1-4-7-8-9-10-11-12-15-22-17-13-14-18(20(23)25-5-2)19(16-17)21(24)26-6-3/h13-14,16,22H,4-12,15H2,1-3H3. The number of carbonyl (C=O) groups is 2. The summed E-state index contributed by atoms with van der Waals surface area (Å²) in [7, 11) is 0. The molecule has 146 valence electrons. The number of anilines is 1. The Morgan fingerprint density at radius 1 is 0.808 bits per heavy atom. The third-order valence-electron chi connectivity index (χ3n) is 4.12. The molecule has 1 rings (SSSR count). The third-order valence-corrected chi connectivity index (χ3v) is 4.12. The summed E-state index contributed by atoms with van der Waals surface area (Å²) in [4.78, 5) is 24.2. The van der Waals surface area contributed by atoms with E-state index in [2.05, 4.69) is 12.2 Å². The van der Waals surface area contributed by atoms with Crippen molar-refractivity contribution in [2.24, 2.45) is 0 Å². The number of rotatable bonds is 13. The van der Waals surface area contributed by atoms with Gasteiger partial charge in [-0.2, -0.15) is 0 Å². The molecule has 0 bridgehead atoms. The van der Waals surface area contributed by atoms with Crippen LogP contribution in [0, 0.1) is 0 Å². The van der Waals surface area contributed by atoms with E-state index in [0.717, 1.165) is 18.7 Å². The SMILES string of the molecule is CCCCCCCCCNc1ccc(C(=O)OCC)c(C(=O)OCC)c1. The van der Waals surface area contributed by atoms with Gasteiger partial charge >= 0.3 is 11.9 Å². The molecule has 0 saturated carbocycles. The first-order valence-corrected chi connectivity index (χ1v) is 9.86. The topological polar surface area (TPSA) is 64.6 Å². The highest BCUT2D eigenvalue weighted by atomic mass is 16.5. The van der Waals surface area contributed by atoms with E-state index in [4.69, 9.17) is 9.47 Å². The van der Waals surface area contributed by atoms with Crippen molar-refractivity contribution in [2.75, 3.05) is 25.1 Å². The molecular weight excluding hydrogens is 330 g/mol. The van der Waals surface area contributed by atoms with Crippen LogP contribution in [0.1, 0.15) is 86.4 Å². The molecule has 26 heavy (non-hydrogen) atoms. The zero-order chi connectivity index (χ0) is 19.2. The summed E-state index contributed by atoms with van der Waals surface area (Å²) < 4.78 is 10.1. The lowest BCUT2D eigenvalue weighted by Gasteiger charge is -2.12. The fourth-order valence-corrected chi connectivity index (χ4v) is 2.73. The van der Waals surface area contributed by atoms with Gasteiger partial charge < -0.3 is 14.8 Å². The van der Waals surface area contributed by atoms with E-state index in [-0.39, 0.29) is 24.3 Å². The molecule has 0 aliphatic carbocycles. The molecule has 0 heterocycles. The van der Waals surface area contributed by atoms with Gasteiger partial charge in [-0.15, -0.1) is 0 Å². The predicted octanol–water partition coefficient (Wildman–Crippen LogP) is 5.20. The average molecular weight is 363 g/mol. The van der Waals surface area contributed by atoms with Gasteiger partial charge in [0.15, 0.2) is 0 Å². The van der Waals surface area contributed by atoms with Crippen molar-refractivity contribution in [3.8, 4) is 0 Å². The van der Waals surface area contributed by atoms with Crippen molar-refractivity contribution in [3.63, 3.8) is 0 Å². The molecule has 0 spiro atoms. The Labute approximate surface area is 157 Å². The first kappa shape index (κ1) is 22.0. The van der Waals surface area contributed by atoms with Crippen LogP contribution in [-0.2, 0) is 9.47 Å². The number of ether oxygens (including phenoxy) is 2. The van der Waals surface area contributed by atoms with E-state index in [0.29, 0.717) is 0 Å². The fraction of sp³-hybridized carbons (Fsp3) is 0.619. The summed E-state index contributed by atoms with van der Waals surface area (Å²) >= 11 is 0. The van der Waals surface area contributed by atoms with Crippen LogP contribution in [0.15, 0.2) is 18.2 Å². The summed E-state index contributed by atoms with van der Waals surface area (Å²) in [5, 5.41) is 3.32. The van der Waals surface area contributed by atoms with Gasteiger partial charge in [0.05, 0.1) is 24.3 Å². The maximum absolute atomic E-state index is 12.2. The van der Waals surface area contributed by atoms with Crippen LogP contribution in [0.5, 0.6) is 0 Å². The molecular formula is C21H33NO4. The smallest absolute Gasteiger partial charge is 0.339 e. The van der Waals surface area contributed by atoms with Crippen molar-refractivity contribution in [1.82, 2.24) is 0 Å². The highest BCUT2D eigenvalue weighted by Crippen LogP contribution is 2.19. The number of hydrogen-bond acceptors (Lipinski definition) is 5. The Balaban J connectivity index is 2.59. The van der Waals surface area contributed by atoms with Gasteiger partial charge in [-0.3, -0.25) is 0 Å². The van der Waals surface area contributed by atoms with E-state index in [1.807, 2.05) is 0 Å². The lowest BCUT2D eigenvalue weighted by molar-refractivity contribution is 0.0479. The third kappa shape index (κ3) is 7.89. The molecule has 1 aromatic carbocycles. The molecule has 0 aliphatic rings. The van der Waals surface area contributed by atoms with Crippen molar-refractivity contribution < 1.29 is 19.1 Å². The predicted molar refractivity (Wildman–Crippen MR) is 105 cm³/mol. The normalized spacial score (nSPS) is 10.4. The van der Waals surface area contributed by atoms with Gasteiger partial charge in [-0.1, -0.05) is 45.4 Å². The highest BCUT2D eigenvalue weighted by Gasteiger charge is 2.19. The number of carbonyl (C=O) groups excluding carboxylic acids is 2. The summed E-state index contributed by atoms with van der Waals surface area (Å²) in [6.45, 7) is 7.07. The maximum Gasteiger partial charge on any atom is 0.339 e. The van der Waals surface area contributed by atoms with Gasteiger partial charge in [-0.05, 0) is 38.5 Å². The molecule has 1 aromatic rings. The van der Waals surface area contributed by atoms with Crippen molar-refractivity contribution >= 4 is 17.6 Å². The van der Waals surface area contributed by atoms with Crippen molar-refractivity contribution in [3.05, 3.63) is 29.3 Å². The molecule has 0 atom stereocenters. The Morgan fingerprint density at radius 3 is 2.00 bits per heavy atom. The van der Waals surface area contributed by atoms with Gasteiger partial charge in [0.1, 0.15) is 0 Å². The molecule has 5 heteroatoms. The van der Waals surface area contributed by atoms with Crippen LogP contribution < -0.4 is 5.32 Å². The Hall–Kier alpha value is -2.04. The van der Waals surface area contributed by atoms with Crippen LogP contribution in [-0.4, -0.2) is 31.7 Å². The molecule has 0 saturated heterocycles. The van der Waals surface area contributed by atoms with E-state index in [1.54, 1.807) is 32.0 Å². The monoisotopic (exact) mass is 363 g/mol. The fourth-order valence-electron chi connectivity index (χ4n) is 2.73.